The Bertz CT molecular complexity index is 564. The average Bonchev–Trinajstić information content (AvgIpc) is 3.18. The van der Waals surface area contributed by atoms with E-state index in [1.54, 1.807) is 33.4 Å². The summed E-state index contributed by atoms with van der Waals surface area (Å²) in [6.45, 7) is 19.2. The molecule has 2 aliphatic carbocycles. The van der Waals surface area contributed by atoms with Gasteiger partial charge in [-0.25, -0.2) is 0 Å². The summed E-state index contributed by atoms with van der Waals surface area (Å²) in [5.74, 6) is 1.24. The Morgan fingerprint density at radius 2 is 0.960 bits per heavy atom. The molecule has 0 aromatic rings. The molecule has 25 heavy (non-hydrogen) atoms. The van der Waals surface area contributed by atoms with Gasteiger partial charge in [0, 0.05) is 11.8 Å². The van der Waals surface area contributed by atoms with Crippen LogP contribution in [0.3, 0.4) is 0 Å². The van der Waals surface area contributed by atoms with Crippen molar-refractivity contribution in [3.8, 4) is 0 Å². The van der Waals surface area contributed by atoms with E-state index in [1.807, 2.05) is 0 Å². The van der Waals surface area contributed by atoms with Crippen LogP contribution in [-0.4, -0.2) is 0 Å². The molecule has 140 valence electrons. The Labute approximate surface area is 157 Å². The molecular formula is C25H40. The Balaban J connectivity index is 2.56. The summed E-state index contributed by atoms with van der Waals surface area (Å²) in [5.41, 5.74) is 10.3. The maximum Gasteiger partial charge on any atom is 0.00758 e. The van der Waals surface area contributed by atoms with Gasteiger partial charge in [-0.1, -0.05) is 89.8 Å². The minimum Gasteiger partial charge on any atom is -0.0625 e. The molecule has 2 atom stereocenters. The molecule has 0 nitrogen and oxygen atoms in total. The molecule has 0 saturated heterocycles. The lowest BCUT2D eigenvalue weighted by Crippen LogP contribution is -2.35. The van der Waals surface area contributed by atoms with E-state index >= 15 is 0 Å². The quantitative estimate of drug-likeness (QED) is 0.418. The summed E-state index contributed by atoms with van der Waals surface area (Å²) in [6.07, 6.45) is 12.2. The van der Waals surface area contributed by atoms with Gasteiger partial charge in [-0.15, -0.1) is 0 Å². The van der Waals surface area contributed by atoms with Crippen molar-refractivity contribution in [2.75, 3.05) is 0 Å². The average molecular weight is 341 g/mol. The molecular weight excluding hydrogens is 300 g/mol. The maximum absolute atomic E-state index is 2.55. The summed E-state index contributed by atoms with van der Waals surface area (Å²) in [6, 6.07) is 0. The normalized spacial score (nSPS) is 24.3. The molecule has 0 bridgehead atoms. The minimum absolute atomic E-state index is 0.258. The van der Waals surface area contributed by atoms with Gasteiger partial charge in [0.1, 0.15) is 0 Å². The van der Waals surface area contributed by atoms with Crippen molar-refractivity contribution in [1.29, 1.82) is 0 Å². The van der Waals surface area contributed by atoms with Crippen LogP contribution < -0.4 is 0 Å². The van der Waals surface area contributed by atoms with Crippen LogP contribution in [0.2, 0.25) is 0 Å². The zero-order valence-corrected chi connectivity index (χ0v) is 18.1. The molecule has 0 aliphatic heterocycles. The van der Waals surface area contributed by atoms with Gasteiger partial charge in [-0.3, -0.25) is 0 Å². The maximum atomic E-state index is 2.55. The van der Waals surface area contributed by atoms with E-state index in [9.17, 15) is 0 Å². The van der Waals surface area contributed by atoms with E-state index in [0.717, 1.165) is 0 Å². The zero-order chi connectivity index (χ0) is 18.8. The van der Waals surface area contributed by atoms with Gasteiger partial charge in [0.25, 0.3) is 0 Å². The monoisotopic (exact) mass is 340 g/mol. The number of hydrogen-bond acceptors (Lipinski definition) is 0. The van der Waals surface area contributed by atoms with Crippen LogP contribution in [-0.2, 0) is 0 Å². The van der Waals surface area contributed by atoms with Gasteiger partial charge >= 0.3 is 0 Å². The van der Waals surface area contributed by atoms with Crippen LogP contribution in [0, 0.1) is 17.3 Å². The predicted molar refractivity (Wildman–Crippen MR) is 113 cm³/mol. The summed E-state index contributed by atoms with van der Waals surface area (Å²) in [5, 5.41) is 0. The molecule has 0 spiro atoms. The van der Waals surface area contributed by atoms with Crippen LogP contribution in [0.15, 0.2) is 45.6 Å². The third-order valence-corrected chi connectivity index (χ3v) is 6.81. The predicted octanol–water partition coefficient (Wildman–Crippen LogP) is 8.18. The van der Waals surface area contributed by atoms with Gasteiger partial charge in [0.15, 0.2) is 0 Å². The second kappa shape index (κ2) is 8.11. The summed E-state index contributed by atoms with van der Waals surface area (Å²) in [4.78, 5) is 0. The molecule has 2 rings (SSSR count). The van der Waals surface area contributed by atoms with Crippen molar-refractivity contribution in [3.63, 3.8) is 0 Å². The van der Waals surface area contributed by atoms with Crippen molar-refractivity contribution in [2.45, 2.75) is 93.9 Å². The van der Waals surface area contributed by atoms with Crippen LogP contribution >= 0.6 is 0 Å². The Morgan fingerprint density at radius 3 is 1.20 bits per heavy atom. The number of hydrogen-bond donors (Lipinski definition) is 0. The first-order valence-corrected chi connectivity index (χ1v) is 10.8. The van der Waals surface area contributed by atoms with Crippen LogP contribution in [0.5, 0.6) is 0 Å². The minimum atomic E-state index is 0.258. The van der Waals surface area contributed by atoms with E-state index in [1.165, 1.54) is 38.5 Å². The lowest BCUT2D eigenvalue weighted by Gasteiger charge is -2.43. The second-order valence-electron chi connectivity index (χ2n) is 8.35. The molecule has 0 amide bonds. The third kappa shape index (κ3) is 3.34. The molecule has 0 aromatic carbocycles. The van der Waals surface area contributed by atoms with Gasteiger partial charge in [0.05, 0.1) is 0 Å². The van der Waals surface area contributed by atoms with E-state index in [0.29, 0.717) is 11.8 Å². The number of rotatable bonds is 8. The standard InChI is InChI=1S/C25H40/c1-9-17-15-19(11-3)23(21(17)13-5)25(7,8)24-20(12-4)16-18(10-2)22(24)14-6/h15-16,23-24H,9-14H2,1-8H3. The first kappa shape index (κ1) is 20.3. The van der Waals surface area contributed by atoms with Gasteiger partial charge in [0.2, 0.25) is 0 Å². The van der Waals surface area contributed by atoms with Gasteiger partial charge in [-0.05, 0) is 55.1 Å². The zero-order valence-electron chi connectivity index (χ0n) is 18.1. The Kier molecular flexibility index (Phi) is 6.57. The molecule has 0 N–H and O–H groups in total. The fourth-order valence-corrected chi connectivity index (χ4v) is 5.77. The molecule has 2 unspecified atom stereocenters. The van der Waals surface area contributed by atoms with Crippen molar-refractivity contribution in [3.05, 3.63) is 45.6 Å². The summed E-state index contributed by atoms with van der Waals surface area (Å²) < 4.78 is 0. The molecule has 0 radical (unpaired) electrons. The first-order valence-electron chi connectivity index (χ1n) is 10.8. The Hall–Kier alpha value is -1.04. The van der Waals surface area contributed by atoms with Crippen molar-refractivity contribution >= 4 is 0 Å². The van der Waals surface area contributed by atoms with Gasteiger partial charge < -0.3 is 0 Å². The van der Waals surface area contributed by atoms with E-state index in [4.69, 9.17) is 0 Å². The van der Waals surface area contributed by atoms with Crippen molar-refractivity contribution in [1.82, 2.24) is 0 Å². The Morgan fingerprint density at radius 1 is 0.600 bits per heavy atom. The van der Waals surface area contributed by atoms with E-state index < -0.39 is 0 Å². The van der Waals surface area contributed by atoms with Crippen LogP contribution in [0.4, 0.5) is 0 Å². The highest BCUT2D eigenvalue weighted by Crippen LogP contribution is 2.56. The molecule has 0 heteroatoms. The first-order chi connectivity index (χ1) is 11.9. The van der Waals surface area contributed by atoms with Crippen molar-refractivity contribution < 1.29 is 0 Å². The lowest BCUT2D eigenvalue weighted by atomic mass is 9.60. The number of allylic oxidation sites excluding steroid dienone is 8. The van der Waals surface area contributed by atoms with Crippen molar-refractivity contribution in [2.24, 2.45) is 17.3 Å². The van der Waals surface area contributed by atoms with Crippen LogP contribution in [0.25, 0.3) is 0 Å². The smallest absolute Gasteiger partial charge is 0.00758 e. The third-order valence-electron chi connectivity index (χ3n) is 6.81. The molecule has 0 fully saturated rings. The second-order valence-corrected chi connectivity index (χ2v) is 8.35. The molecule has 2 aliphatic rings. The molecule has 0 heterocycles. The van der Waals surface area contributed by atoms with E-state index in [-0.39, 0.29) is 5.41 Å². The largest absolute Gasteiger partial charge is 0.0625 e. The van der Waals surface area contributed by atoms with E-state index in [2.05, 4.69) is 67.5 Å². The highest BCUT2D eigenvalue weighted by atomic mass is 14.5. The SMILES string of the molecule is CCC1=CC(CC)=C(CC)C1C(C)(C)C1C(CC)=CC(CC)=C1CC. The van der Waals surface area contributed by atoms with Crippen LogP contribution in [0.1, 0.15) is 93.9 Å². The molecule has 0 aromatic heterocycles. The topological polar surface area (TPSA) is 0 Å². The summed E-state index contributed by atoms with van der Waals surface area (Å²) in [7, 11) is 0. The highest BCUT2D eigenvalue weighted by Gasteiger charge is 2.46. The highest BCUT2D eigenvalue weighted by molar-refractivity contribution is 5.48. The fraction of sp³-hybridized carbons (Fsp3) is 0.680. The molecule has 0 saturated carbocycles. The van der Waals surface area contributed by atoms with Gasteiger partial charge in [-0.2, -0.15) is 0 Å². The lowest BCUT2D eigenvalue weighted by molar-refractivity contribution is 0.206. The summed E-state index contributed by atoms with van der Waals surface area (Å²) >= 11 is 0. The fourth-order valence-electron chi connectivity index (χ4n) is 5.77.